The van der Waals surface area contributed by atoms with Crippen molar-refractivity contribution in [2.45, 2.75) is 13.8 Å². The second kappa shape index (κ2) is 4.67. The van der Waals surface area contributed by atoms with E-state index < -0.39 is 0 Å². The molecule has 0 fully saturated rings. The van der Waals surface area contributed by atoms with Gasteiger partial charge in [-0.2, -0.15) is 0 Å². The summed E-state index contributed by atoms with van der Waals surface area (Å²) in [7, 11) is 0. The molecule has 0 spiro atoms. The van der Waals surface area contributed by atoms with Gasteiger partial charge in [-0.25, -0.2) is 0 Å². The summed E-state index contributed by atoms with van der Waals surface area (Å²) in [5.74, 6) is -0.192. The Balaban J connectivity index is 2.91. The minimum atomic E-state index is -0.0972. The molecular weight excluding hydrogens is 221 g/mol. The zero-order valence-electron chi connectivity index (χ0n) is 7.97. The molecule has 0 saturated carbocycles. The molecule has 0 heterocycles. The number of para-hydroxylation sites is 1. The van der Waals surface area contributed by atoms with Crippen LogP contribution >= 0.6 is 23.2 Å². The first-order valence-corrected chi connectivity index (χ1v) is 5.03. The molecule has 0 aliphatic heterocycles. The van der Waals surface area contributed by atoms with Crippen molar-refractivity contribution in [3.63, 3.8) is 0 Å². The molecule has 0 radical (unpaired) electrons. The van der Waals surface area contributed by atoms with E-state index in [4.69, 9.17) is 23.2 Å². The molecule has 1 aromatic rings. The van der Waals surface area contributed by atoms with Crippen LogP contribution in [0, 0.1) is 5.92 Å². The van der Waals surface area contributed by atoms with Crippen LogP contribution in [0.2, 0.25) is 10.0 Å². The first-order valence-electron chi connectivity index (χ1n) is 4.27. The number of halogens is 2. The van der Waals surface area contributed by atoms with Crippen LogP contribution in [0.3, 0.4) is 0 Å². The van der Waals surface area contributed by atoms with Crippen LogP contribution in [-0.4, -0.2) is 5.91 Å². The Morgan fingerprint density at radius 2 is 1.79 bits per heavy atom. The highest BCUT2D eigenvalue weighted by molar-refractivity contribution is 6.39. The Morgan fingerprint density at radius 1 is 1.29 bits per heavy atom. The van der Waals surface area contributed by atoms with Gasteiger partial charge < -0.3 is 5.32 Å². The molecule has 0 bridgehead atoms. The summed E-state index contributed by atoms with van der Waals surface area (Å²) in [6, 6.07) is 5.10. The second-order valence-electron chi connectivity index (χ2n) is 3.24. The number of nitrogens with one attached hydrogen (secondary N) is 1. The van der Waals surface area contributed by atoms with Crippen molar-refractivity contribution in [3.05, 3.63) is 28.2 Å². The highest BCUT2D eigenvalue weighted by atomic mass is 35.5. The third-order valence-electron chi connectivity index (χ3n) is 1.74. The summed E-state index contributed by atoms with van der Waals surface area (Å²) in [5, 5.41) is 3.58. The molecule has 0 aliphatic carbocycles. The van der Waals surface area contributed by atoms with Gasteiger partial charge in [0.2, 0.25) is 5.91 Å². The predicted octanol–water partition coefficient (Wildman–Crippen LogP) is 3.59. The molecule has 0 saturated heterocycles. The number of hydrogen-bond donors (Lipinski definition) is 1. The Hall–Kier alpha value is -0.730. The largest absolute Gasteiger partial charge is 0.323 e. The maximum Gasteiger partial charge on any atom is 0.227 e. The van der Waals surface area contributed by atoms with Gasteiger partial charge in [0.1, 0.15) is 0 Å². The Morgan fingerprint density at radius 3 is 2.21 bits per heavy atom. The van der Waals surface area contributed by atoms with E-state index in [2.05, 4.69) is 5.32 Å². The molecule has 1 amide bonds. The van der Waals surface area contributed by atoms with Gasteiger partial charge >= 0.3 is 0 Å². The van der Waals surface area contributed by atoms with Crippen LogP contribution in [0.25, 0.3) is 0 Å². The molecule has 1 rings (SSSR count). The van der Waals surface area contributed by atoms with E-state index in [0.717, 1.165) is 0 Å². The number of anilines is 1. The summed E-state index contributed by atoms with van der Waals surface area (Å²) < 4.78 is 0. The lowest BCUT2D eigenvalue weighted by atomic mass is 10.2. The standard InChI is InChI=1S/C10H11Cl2NO/c1-6(2)10(14)13-9-7(11)4-3-5-8(9)12/h3-6H,1-2H3,(H,13,14). The van der Waals surface area contributed by atoms with Gasteiger partial charge in [-0.15, -0.1) is 0 Å². The maximum absolute atomic E-state index is 11.4. The molecule has 0 aromatic heterocycles. The number of benzene rings is 1. The Kier molecular flexibility index (Phi) is 3.78. The fourth-order valence-corrected chi connectivity index (χ4v) is 1.38. The monoisotopic (exact) mass is 231 g/mol. The van der Waals surface area contributed by atoms with Gasteiger partial charge in [0.25, 0.3) is 0 Å². The SMILES string of the molecule is CC(C)C(=O)Nc1c(Cl)cccc1Cl. The van der Waals surface area contributed by atoms with E-state index in [-0.39, 0.29) is 11.8 Å². The lowest BCUT2D eigenvalue weighted by Crippen LogP contribution is -2.18. The van der Waals surface area contributed by atoms with Crippen LogP contribution in [0.4, 0.5) is 5.69 Å². The topological polar surface area (TPSA) is 29.1 Å². The summed E-state index contributed by atoms with van der Waals surface area (Å²) in [5.41, 5.74) is 0.481. The molecule has 1 N–H and O–H groups in total. The summed E-state index contributed by atoms with van der Waals surface area (Å²) in [6.07, 6.45) is 0. The van der Waals surface area contributed by atoms with E-state index in [9.17, 15) is 4.79 Å². The van der Waals surface area contributed by atoms with Crippen molar-refractivity contribution >= 4 is 34.8 Å². The second-order valence-corrected chi connectivity index (χ2v) is 4.06. The Labute approximate surface area is 93.2 Å². The zero-order valence-corrected chi connectivity index (χ0v) is 9.49. The number of rotatable bonds is 2. The average Bonchev–Trinajstić information content (AvgIpc) is 2.11. The van der Waals surface area contributed by atoms with Crippen LogP contribution in [-0.2, 0) is 4.79 Å². The van der Waals surface area contributed by atoms with Crippen molar-refractivity contribution in [1.29, 1.82) is 0 Å². The molecule has 2 nitrogen and oxygen atoms in total. The van der Waals surface area contributed by atoms with Gasteiger partial charge in [-0.1, -0.05) is 43.1 Å². The van der Waals surface area contributed by atoms with Crippen LogP contribution < -0.4 is 5.32 Å². The van der Waals surface area contributed by atoms with E-state index in [1.54, 1.807) is 32.0 Å². The van der Waals surface area contributed by atoms with Crippen LogP contribution in [0.1, 0.15) is 13.8 Å². The average molecular weight is 232 g/mol. The van der Waals surface area contributed by atoms with E-state index >= 15 is 0 Å². The molecule has 4 heteroatoms. The quantitative estimate of drug-likeness (QED) is 0.829. The number of hydrogen-bond acceptors (Lipinski definition) is 1. The molecule has 0 atom stereocenters. The van der Waals surface area contributed by atoms with Gasteiger partial charge in [0, 0.05) is 5.92 Å². The van der Waals surface area contributed by atoms with Crippen LogP contribution in [0.15, 0.2) is 18.2 Å². The van der Waals surface area contributed by atoms with E-state index in [1.807, 2.05) is 0 Å². The summed E-state index contributed by atoms with van der Waals surface area (Å²) >= 11 is 11.8. The predicted molar refractivity (Wildman–Crippen MR) is 59.9 cm³/mol. The normalized spacial score (nSPS) is 10.4. The molecule has 76 valence electrons. The minimum Gasteiger partial charge on any atom is -0.323 e. The van der Waals surface area contributed by atoms with Crippen molar-refractivity contribution in [2.24, 2.45) is 5.92 Å². The molecule has 0 aliphatic rings. The van der Waals surface area contributed by atoms with Gasteiger partial charge in [-0.05, 0) is 12.1 Å². The zero-order chi connectivity index (χ0) is 10.7. The van der Waals surface area contributed by atoms with Gasteiger partial charge in [0.15, 0.2) is 0 Å². The highest BCUT2D eigenvalue weighted by Gasteiger charge is 2.11. The van der Waals surface area contributed by atoms with Crippen molar-refractivity contribution in [3.8, 4) is 0 Å². The third-order valence-corrected chi connectivity index (χ3v) is 2.37. The van der Waals surface area contributed by atoms with Crippen molar-refractivity contribution in [2.75, 3.05) is 5.32 Å². The molecular formula is C10H11Cl2NO. The fraction of sp³-hybridized carbons (Fsp3) is 0.300. The number of amides is 1. The lowest BCUT2D eigenvalue weighted by Gasteiger charge is -2.10. The molecule has 1 aromatic carbocycles. The van der Waals surface area contributed by atoms with Gasteiger partial charge in [-0.3, -0.25) is 4.79 Å². The van der Waals surface area contributed by atoms with Crippen LogP contribution in [0.5, 0.6) is 0 Å². The first kappa shape index (κ1) is 11.3. The number of carbonyl (C=O) groups excluding carboxylic acids is 1. The third kappa shape index (κ3) is 2.63. The molecule has 0 unspecified atom stereocenters. The number of carbonyl (C=O) groups is 1. The summed E-state index contributed by atoms with van der Waals surface area (Å²) in [4.78, 5) is 11.4. The maximum atomic E-state index is 11.4. The smallest absolute Gasteiger partial charge is 0.227 e. The highest BCUT2D eigenvalue weighted by Crippen LogP contribution is 2.29. The van der Waals surface area contributed by atoms with E-state index in [1.165, 1.54) is 0 Å². The van der Waals surface area contributed by atoms with Gasteiger partial charge in [0.05, 0.1) is 15.7 Å². The fourth-order valence-electron chi connectivity index (χ4n) is 0.885. The lowest BCUT2D eigenvalue weighted by molar-refractivity contribution is -0.118. The minimum absolute atomic E-state index is 0.0951. The molecule has 14 heavy (non-hydrogen) atoms. The first-order chi connectivity index (χ1) is 6.52. The van der Waals surface area contributed by atoms with Crippen molar-refractivity contribution in [1.82, 2.24) is 0 Å². The van der Waals surface area contributed by atoms with E-state index in [0.29, 0.717) is 15.7 Å². The summed E-state index contributed by atoms with van der Waals surface area (Å²) in [6.45, 7) is 3.61. The Bertz CT molecular complexity index is 330. The van der Waals surface area contributed by atoms with Crippen molar-refractivity contribution < 1.29 is 4.79 Å².